The zero-order valence-electron chi connectivity index (χ0n) is 16.9. The molecule has 32 heavy (non-hydrogen) atoms. The van der Waals surface area contributed by atoms with E-state index in [0.717, 1.165) is 22.0 Å². The molecule has 5 nitrogen and oxygen atoms in total. The van der Waals surface area contributed by atoms with E-state index in [1.165, 1.54) is 4.90 Å². The molecule has 0 fully saturated rings. The smallest absolute Gasteiger partial charge is 0.266 e. The molecule has 0 radical (unpaired) electrons. The molecule has 0 bridgehead atoms. The number of ether oxygens (including phenoxy) is 1. The molecule has 0 atom stereocenters. The van der Waals surface area contributed by atoms with Crippen LogP contribution < -0.4 is 9.64 Å². The van der Waals surface area contributed by atoms with E-state index in [0.29, 0.717) is 28.3 Å². The van der Waals surface area contributed by atoms with Gasteiger partial charge in [-0.2, -0.15) is 0 Å². The van der Waals surface area contributed by atoms with Crippen LogP contribution in [0.25, 0.3) is 0 Å². The topological polar surface area (TPSA) is 59.5 Å². The van der Waals surface area contributed by atoms with Gasteiger partial charge in [-0.3, -0.25) is 14.6 Å². The summed E-state index contributed by atoms with van der Waals surface area (Å²) < 4.78 is 6.79. The van der Waals surface area contributed by atoms with Crippen LogP contribution >= 0.6 is 15.9 Å². The van der Waals surface area contributed by atoms with Gasteiger partial charge in [0.25, 0.3) is 11.8 Å². The van der Waals surface area contributed by atoms with E-state index in [9.17, 15) is 9.59 Å². The third-order valence-electron chi connectivity index (χ3n) is 5.26. The number of fused-ring (bicyclic) bond motifs is 1. The number of imide groups is 1. The summed E-state index contributed by atoms with van der Waals surface area (Å²) in [6.45, 7) is 0. The van der Waals surface area contributed by atoms with Crippen molar-refractivity contribution in [2.24, 2.45) is 0 Å². The van der Waals surface area contributed by atoms with E-state index in [1.54, 1.807) is 42.7 Å². The van der Waals surface area contributed by atoms with Crippen molar-refractivity contribution in [1.29, 1.82) is 0 Å². The van der Waals surface area contributed by atoms with E-state index in [1.807, 2.05) is 48.5 Å². The van der Waals surface area contributed by atoms with Crippen molar-refractivity contribution in [1.82, 2.24) is 4.98 Å². The van der Waals surface area contributed by atoms with Crippen LogP contribution in [-0.4, -0.2) is 16.8 Å². The van der Waals surface area contributed by atoms with Gasteiger partial charge in [0, 0.05) is 16.9 Å². The van der Waals surface area contributed by atoms with E-state index in [-0.39, 0.29) is 11.8 Å². The molecule has 1 aliphatic heterocycles. The Morgan fingerprint density at radius 1 is 0.719 bits per heavy atom. The molecule has 0 saturated heterocycles. The summed E-state index contributed by atoms with van der Waals surface area (Å²) in [5, 5.41) is 0. The lowest BCUT2D eigenvalue weighted by molar-refractivity contribution is 0.0926. The first kappa shape index (κ1) is 20.2. The highest BCUT2D eigenvalue weighted by Gasteiger charge is 2.37. The Hall–Kier alpha value is -3.77. The van der Waals surface area contributed by atoms with Crippen molar-refractivity contribution in [2.45, 2.75) is 6.42 Å². The highest BCUT2D eigenvalue weighted by atomic mass is 79.9. The first-order chi connectivity index (χ1) is 15.6. The maximum atomic E-state index is 13.1. The number of hydrogen-bond donors (Lipinski definition) is 0. The van der Waals surface area contributed by atoms with Crippen molar-refractivity contribution in [2.75, 3.05) is 4.90 Å². The largest absolute Gasteiger partial charge is 0.457 e. The van der Waals surface area contributed by atoms with E-state index in [4.69, 9.17) is 4.74 Å². The van der Waals surface area contributed by atoms with Gasteiger partial charge in [-0.25, -0.2) is 4.90 Å². The maximum Gasteiger partial charge on any atom is 0.266 e. The molecule has 0 spiro atoms. The van der Waals surface area contributed by atoms with Gasteiger partial charge >= 0.3 is 0 Å². The van der Waals surface area contributed by atoms with Crippen LogP contribution in [0.15, 0.2) is 95.7 Å². The average molecular weight is 485 g/mol. The number of hydrogen-bond acceptors (Lipinski definition) is 4. The van der Waals surface area contributed by atoms with Crippen LogP contribution in [0.3, 0.4) is 0 Å². The van der Waals surface area contributed by atoms with Crippen LogP contribution in [0.5, 0.6) is 11.5 Å². The number of anilines is 1. The minimum atomic E-state index is -0.354. The van der Waals surface area contributed by atoms with Crippen molar-refractivity contribution in [3.63, 3.8) is 0 Å². The Morgan fingerprint density at radius 3 is 2.06 bits per heavy atom. The van der Waals surface area contributed by atoms with Gasteiger partial charge in [0.2, 0.25) is 0 Å². The summed E-state index contributed by atoms with van der Waals surface area (Å²) in [6, 6.07) is 23.8. The number of amides is 2. The van der Waals surface area contributed by atoms with Crippen LogP contribution in [0.2, 0.25) is 0 Å². The minimum Gasteiger partial charge on any atom is -0.457 e. The zero-order valence-corrected chi connectivity index (χ0v) is 18.5. The lowest BCUT2D eigenvalue weighted by Gasteiger charge is -2.14. The standard InChI is InChI=1S/C26H17BrN2O3/c27-19-3-7-21(8-4-19)32-22-9-10-23-24(16-22)26(31)29(25(23)30)20-5-1-17(2-6-20)15-18-11-13-28-14-12-18/h1-14,16H,15H2. The van der Waals surface area contributed by atoms with E-state index < -0.39 is 0 Å². The quantitative estimate of drug-likeness (QED) is 0.324. The molecule has 2 amide bonds. The summed E-state index contributed by atoms with van der Waals surface area (Å²) in [5.41, 5.74) is 3.49. The second-order valence-corrected chi connectivity index (χ2v) is 8.32. The lowest BCUT2D eigenvalue weighted by atomic mass is 10.1. The summed E-state index contributed by atoms with van der Waals surface area (Å²) in [7, 11) is 0. The third-order valence-corrected chi connectivity index (χ3v) is 5.79. The maximum absolute atomic E-state index is 13.1. The van der Waals surface area contributed by atoms with Gasteiger partial charge in [-0.05, 0) is 84.3 Å². The molecule has 0 aliphatic carbocycles. The summed E-state index contributed by atoms with van der Waals surface area (Å²) >= 11 is 3.39. The van der Waals surface area contributed by atoms with Crippen molar-refractivity contribution < 1.29 is 14.3 Å². The molecule has 4 aromatic rings. The highest BCUT2D eigenvalue weighted by Crippen LogP contribution is 2.33. The van der Waals surface area contributed by atoms with Crippen molar-refractivity contribution in [3.05, 3.63) is 118 Å². The first-order valence-corrected chi connectivity index (χ1v) is 10.8. The van der Waals surface area contributed by atoms with Gasteiger partial charge in [0.05, 0.1) is 16.8 Å². The van der Waals surface area contributed by atoms with Crippen LogP contribution in [0.4, 0.5) is 5.69 Å². The summed E-state index contributed by atoms with van der Waals surface area (Å²) in [6.07, 6.45) is 4.27. The highest BCUT2D eigenvalue weighted by molar-refractivity contribution is 9.10. The van der Waals surface area contributed by atoms with Gasteiger partial charge in [0.15, 0.2) is 0 Å². The number of nitrogens with zero attached hydrogens (tertiary/aromatic N) is 2. The fourth-order valence-electron chi connectivity index (χ4n) is 3.66. The molecule has 156 valence electrons. The van der Waals surface area contributed by atoms with E-state index >= 15 is 0 Å². The molecule has 0 N–H and O–H groups in total. The number of halogens is 1. The fraction of sp³-hybridized carbons (Fsp3) is 0.0385. The second kappa shape index (κ2) is 8.40. The van der Waals surface area contributed by atoms with Crippen LogP contribution in [0.1, 0.15) is 31.8 Å². The molecule has 1 aliphatic rings. The van der Waals surface area contributed by atoms with Crippen LogP contribution in [-0.2, 0) is 6.42 Å². The number of aromatic nitrogens is 1. The molecule has 6 heteroatoms. The Morgan fingerprint density at radius 2 is 1.34 bits per heavy atom. The Kier molecular flexibility index (Phi) is 5.29. The predicted octanol–water partition coefficient (Wildman–Crippen LogP) is 6.03. The molecule has 1 aromatic heterocycles. The lowest BCUT2D eigenvalue weighted by Crippen LogP contribution is -2.29. The monoisotopic (exact) mass is 484 g/mol. The van der Waals surface area contributed by atoms with E-state index in [2.05, 4.69) is 20.9 Å². The Labute approximate surface area is 193 Å². The SMILES string of the molecule is O=C1c2ccc(Oc3ccc(Br)cc3)cc2C(=O)N1c1ccc(Cc2ccncc2)cc1. The van der Waals surface area contributed by atoms with Gasteiger partial charge < -0.3 is 4.74 Å². The van der Waals surface area contributed by atoms with Gasteiger partial charge in [-0.1, -0.05) is 28.1 Å². The summed E-state index contributed by atoms with van der Waals surface area (Å²) in [4.78, 5) is 31.3. The minimum absolute atomic E-state index is 0.331. The fourth-order valence-corrected chi connectivity index (χ4v) is 3.92. The second-order valence-electron chi connectivity index (χ2n) is 7.41. The van der Waals surface area contributed by atoms with Crippen LogP contribution in [0, 0.1) is 0 Å². The Balaban J connectivity index is 1.36. The number of carbonyl (C=O) groups excluding carboxylic acids is 2. The molecule has 2 heterocycles. The zero-order chi connectivity index (χ0) is 22.1. The molecular formula is C26H17BrN2O3. The average Bonchev–Trinajstić information content (AvgIpc) is 3.06. The van der Waals surface area contributed by atoms with Crippen molar-refractivity contribution in [3.8, 4) is 11.5 Å². The number of pyridine rings is 1. The molecular weight excluding hydrogens is 468 g/mol. The Bertz CT molecular complexity index is 1300. The van der Waals surface area contributed by atoms with Crippen molar-refractivity contribution >= 4 is 33.4 Å². The molecule has 0 unspecified atom stereocenters. The number of carbonyl (C=O) groups is 2. The first-order valence-electron chi connectivity index (χ1n) is 10.0. The molecule has 0 saturated carbocycles. The third kappa shape index (κ3) is 3.92. The summed E-state index contributed by atoms with van der Waals surface area (Å²) in [5.74, 6) is 0.462. The molecule has 3 aromatic carbocycles. The number of benzene rings is 3. The van der Waals surface area contributed by atoms with Gasteiger partial charge in [-0.15, -0.1) is 0 Å². The normalized spacial score (nSPS) is 12.7. The van der Waals surface area contributed by atoms with Gasteiger partial charge in [0.1, 0.15) is 11.5 Å². The predicted molar refractivity (Wildman–Crippen MR) is 125 cm³/mol. The number of rotatable bonds is 5. The molecule has 5 rings (SSSR count).